The fourth-order valence-corrected chi connectivity index (χ4v) is 3.94. The van der Waals surface area contributed by atoms with E-state index in [1.807, 2.05) is 19.1 Å². The Bertz CT molecular complexity index is 1130. The standard InChI is InChI=1S/C24H26N2O3S/c1-17-5-15-22(16-6-17)30(28,29)26-21-13-11-20(12-14-21)25-23(27)18-7-9-19(10-8-18)24(2,3)4/h5-16,26H,1-4H3,(H,25,27). The smallest absolute Gasteiger partial charge is 0.261 e. The summed E-state index contributed by atoms with van der Waals surface area (Å²) in [6.45, 7) is 8.26. The molecule has 30 heavy (non-hydrogen) atoms. The molecule has 0 aliphatic carbocycles. The highest BCUT2D eigenvalue weighted by Crippen LogP contribution is 2.23. The molecule has 0 spiro atoms. The van der Waals surface area contributed by atoms with Crippen LogP contribution in [0.25, 0.3) is 0 Å². The molecular weight excluding hydrogens is 396 g/mol. The van der Waals surface area contributed by atoms with E-state index in [0.29, 0.717) is 16.9 Å². The summed E-state index contributed by atoms with van der Waals surface area (Å²) in [6.07, 6.45) is 0. The molecule has 3 aromatic carbocycles. The first kappa shape index (κ1) is 21.6. The number of hydrogen-bond acceptors (Lipinski definition) is 3. The minimum Gasteiger partial charge on any atom is -0.322 e. The second-order valence-electron chi connectivity index (χ2n) is 8.28. The first-order valence-corrected chi connectivity index (χ1v) is 11.1. The molecule has 0 heterocycles. The van der Waals surface area contributed by atoms with E-state index in [1.165, 1.54) is 0 Å². The number of carbonyl (C=O) groups is 1. The first-order chi connectivity index (χ1) is 14.0. The number of anilines is 2. The molecule has 5 nitrogen and oxygen atoms in total. The van der Waals surface area contributed by atoms with Gasteiger partial charge in [-0.2, -0.15) is 0 Å². The molecule has 156 valence electrons. The SMILES string of the molecule is Cc1ccc(S(=O)(=O)Nc2ccc(NC(=O)c3ccc(C(C)(C)C)cc3)cc2)cc1. The van der Waals surface area contributed by atoms with E-state index in [0.717, 1.165) is 11.1 Å². The van der Waals surface area contributed by atoms with Crippen LogP contribution in [0.1, 0.15) is 42.3 Å². The van der Waals surface area contributed by atoms with E-state index in [1.54, 1.807) is 60.7 Å². The van der Waals surface area contributed by atoms with E-state index in [9.17, 15) is 13.2 Å². The monoisotopic (exact) mass is 422 g/mol. The van der Waals surface area contributed by atoms with Crippen molar-refractivity contribution >= 4 is 27.3 Å². The van der Waals surface area contributed by atoms with Gasteiger partial charge >= 0.3 is 0 Å². The van der Waals surface area contributed by atoms with Crippen LogP contribution in [0.15, 0.2) is 77.7 Å². The fraction of sp³-hybridized carbons (Fsp3) is 0.208. The van der Waals surface area contributed by atoms with Crippen LogP contribution in [0.4, 0.5) is 11.4 Å². The van der Waals surface area contributed by atoms with E-state index in [2.05, 4.69) is 30.8 Å². The van der Waals surface area contributed by atoms with Gasteiger partial charge in [0.15, 0.2) is 0 Å². The summed E-state index contributed by atoms with van der Waals surface area (Å²) >= 11 is 0. The Hall–Kier alpha value is -3.12. The van der Waals surface area contributed by atoms with E-state index in [-0.39, 0.29) is 16.2 Å². The third-order valence-corrected chi connectivity index (χ3v) is 6.14. The van der Waals surface area contributed by atoms with Gasteiger partial charge in [-0.15, -0.1) is 0 Å². The molecule has 0 bridgehead atoms. The Balaban J connectivity index is 1.67. The number of amides is 1. The van der Waals surface area contributed by atoms with E-state index in [4.69, 9.17) is 0 Å². The summed E-state index contributed by atoms with van der Waals surface area (Å²) in [5.41, 5.74) is 3.73. The van der Waals surface area contributed by atoms with Gasteiger partial charge in [0.1, 0.15) is 0 Å². The molecule has 0 unspecified atom stereocenters. The van der Waals surface area contributed by atoms with Gasteiger partial charge in [0, 0.05) is 16.9 Å². The lowest BCUT2D eigenvalue weighted by atomic mass is 9.87. The van der Waals surface area contributed by atoms with Crippen LogP contribution >= 0.6 is 0 Å². The van der Waals surface area contributed by atoms with E-state index >= 15 is 0 Å². The molecule has 6 heteroatoms. The molecule has 1 amide bonds. The number of hydrogen-bond donors (Lipinski definition) is 2. The van der Waals surface area contributed by atoms with Gasteiger partial charge in [-0.3, -0.25) is 9.52 Å². The highest BCUT2D eigenvalue weighted by atomic mass is 32.2. The van der Waals surface area contributed by atoms with Gasteiger partial charge < -0.3 is 5.32 Å². The molecule has 2 N–H and O–H groups in total. The van der Waals surface area contributed by atoms with Crippen LogP contribution in [0.3, 0.4) is 0 Å². The van der Waals surface area contributed by atoms with Crippen LogP contribution in [0, 0.1) is 6.92 Å². The van der Waals surface area contributed by atoms with Gasteiger partial charge in [-0.05, 0) is 66.4 Å². The molecule has 0 atom stereocenters. The van der Waals surface area contributed by atoms with Crippen LogP contribution in [0.2, 0.25) is 0 Å². The number of sulfonamides is 1. The zero-order chi connectivity index (χ0) is 21.9. The predicted octanol–water partition coefficient (Wildman–Crippen LogP) is 5.35. The summed E-state index contributed by atoms with van der Waals surface area (Å²) < 4.78 is 27.5. The lowest BCUT2D eigenvalue weighted by Crippen LogP contribution is -2.15. The van der Waals surface area contributed by atoms with Gasteiger partial charge in [-0.25, -0.2) is 8.42 Å². The molecular formula is C24H26N2O3S. The summed E-state index contributed by atoms with van der Waals surface area (Å²) in [6, 6.07) is 20.7. The lowest BCUT2D eigenvalue weighted by Gasteiger charge is -2.19. The molecule has 0 aliphatic heterocycles. The van der Waals surface area contributed by atoms with Crippen molar-refractivity contribution in [1.29, 1.82) is 0 Å². The topological polar surface area (TPSA) is 75.3 Å². The Morgan fingerprint density at radius 1 is 0.767 bits per heavy atom. The molecule has 0 fully saturated rings. The third-order valence-electron chi connectivity index (χ3n) is 4.74. The number of rotatable bonds is 5. The third kappa shape index (κ3) is 5.27. The highest BCUT2D eigenvalue weighted by molar-refractivity contribution is 7.92. The van der Waals surface area contributed by atoms with Crippen LogP contribution in [-0.2, 0) is 15.4 Å². The number of nitrogens with one attached hydrogen (secondary N) is 2. The van der Waals surface area contributed by atoms with Crippen LogP contribution in [0.5, 0.6) is 0 Å². The maximum absolute atomic E-state index is 12.5. The number of aryl methyl sites for hydroxylation is 1. The largest absolute Gasteiger partial charge is 0.322 e. The quantitative estimate of drug-likeness (QED) is 0.582. The molecule has 3 aromatic rings. The van der Waals surface area contributed by atoms with Crippen molar-refractivity contribution in [2.45, 2.75) is 38.0 Å². The molecule has 0 radical (unpaired) electrons. The average molecular weight is 423 g/mol. The van der Waals surface area contributed by atoms with Gasteiger partial charge in [0.2, 0.25) is 0 Å². The Kier molecular flexibility index (Phi) is 5.99. The van der Waals surface area contributed by atoms with Crippen molar-refractivity contribution in [1.82, 2.24) is 0 Å². The minimum atomic E-state index is -3.66. The van der Waals surface area contributed by atoms with Gasteiger partial charge in [0.25, 0.3) is 15.9 Å². The van der Waals surface area contributed by atoms with Crippen molar-refractivity contribution in [2.75, 3.05) is 10.0 Å². The van der Waals surface area contributed by atoms with Crippen LogP contribution in [-0.4, -0.2) is 14.3 Å². The predicted molar refractivity (Wildman–Crippen MR) is 122 cm³/mol. The van der Waals surface area contributed by atoms with Crippen LogP contribution < -0.4 is 10.0 Å². The van der Waals surface area contributed by atoms with E-state index < -0.39 is 10.0 Å². The highest BCUT2D eigenvalue weighted by Gasteiger charge is 2.15. The molecule has 3 rings (SSSR count). The summed E-state index contributed by atoms with van der Waals surface area (Å²) in [5.74, 6) is -0.219. The average Bonchev–Trinajstić information content (AvgIpc) is 2.69. The fourth-order valence-electron chi connectivity index (χ4n) is 2.88. The maximum atomic E-state index is 12.5. The van der Waals surface area contributed by atoms with Crippen molar-refractivity contribution in [3.05, 3.63) is 89.5 Å². The molecule has 0 saturated carbocycles. The second-order valence-corrected chi connectivity index (χ2v) is 9.96. The summed E-state index contributed by atoms with van der Waals surface area (Å²) in [4.78, 5) is 12.7. The summed E-state index contributed by atoms with van der Waals surface area (Å²) in [7, 11) is -3.66. The second kappa shape index (κ2) is 8.32. The maximum Gasteiger partial charge on any atom is 0.261 e. The normalized spacial score (nSPS) is 11.7. The molecule has 0 saturated heterocycles. The van der Waals surface area contributed by atoms with Crippen molar-refractivity contribution in [3.63, 3.8) is 0 Å². The lowest BCUT2D eigenvalue weighted by molar-refractivity contribution is 0.102. The number of carbonyl (C=O) groups excluding carboxylic acids is 1. The Morgan fingerprint density at radius 3 is 1.83 bits per heavy atom. The zero-order valence-corrected chi connectivity index (χ0v) is 18.4. The zero-order valence-electron chi connectivity index (χ0n) is 17.6. The van der Waals surface area contributed by atoms with Crippen molar-refractivity contribution < 1.29 is 13.2 Å². The molecule has 0 aliphatic rings. The Labute approximate surface area is 178 Å². The van der Waals surface area contributed by atoms with Gasteiger partial charge in [0.05, 0.1) is 4.90 Å². The first-order valence-electron chi connectivity index (χ1n) is 9.66. The van der Waals surface area contributed by atoms with Crippen molar-refractivity contribution in [2.24, 2.45) is 0 Å². The summed E-state index contributed by atoms with van der Waals surface area (Å²) in [5, 5.41) is 2.83. The van der Waals surface area contributed by atoms with Gasteiger partial charge in [-0.1, -0.05) is 50.6 Å². The number of benzene rings is 3. The van der Waals surface area contributed by atoms with Crippen molar-refractivity contribution in [3.8, 4) is 0 Å². The Morgan fingerprint density at radius 2 is 1.30 bits per heavy atom. The molecule has 0 aromatic heterocycles. The minimum absolute atomic E-state index is 0.0246.